The number of sulfone groups is 1. The second kappa shape index (κ2) is 14.6. The van der Waals surface area contributed by atoms with Crippen LogP contribution in [0.2, 0.25) is 0 Å². The number of hydrogen-bond donors (Lipinski definition) is 2. The van der Waals surface area contributed by atoms with E-state index in [2.05, 4.69) is 9.99 Å². The van der Waals surface area contributed by atoms with Crippen molar-refractivity contribution in [1.82, 2.24) is 20.0 Å². The van der Waals surface area contributed by atoms with E-state index in [9.17, 15) is 23.1 Å². The largest absolute Gasteiger partial charge is 0.393 e. The summed E-state index contributed by atoms with van der Waals surface area (Å²) in [6.07, 6.45) is 7.31. The first-order valence-electron chi connectivity index (χ1n) is 17.6. The summed E-state index contributed by atoms with van der Waals surface area (Å²) in [7, 11) is -3.61. The van der Waals surface area contributed by atoms with Crippen molar-refractivity contribution < 1.29 is 32.6 Å². The van der Waals surface area contributed by atoms with E-state index in [1.165, 1.54) is 5.01 Å². The van der Waals surface area contributed by atoms with E-state index in [0.717, 1.165) is 55.6 Å². The Labute approximate surface area is 285 Å². The Morgan fingerprint density at radius 1 is 1.08 bits per heavy atom. The molecule has 3 atom stereocenters. The molecular formula is C36H54N4O7S. The topological polar surface area (TPSA) is 140 Å². The van der Waals surface area contributed by atoms with Crippen molar-refractivity contribution >= 4 is 21.7 Å². The molecule has 0 bridgehead atoms. The zero-order chi connectivity index (χ0) is 34.9. The van der Waals surface area contributed by atoms with Gasteiger partial charge in [0.2, 0.25) is 11.8 Å². The van der Waals surface area contributed by atoms with Gasteiger partial charge in [-0.25, -0.2) is 13.4 Å². The van der Waals surface area contributed by atoms with Crippen LogP contribution in [0, 0.1) is 11.8 Å². The highest BCUT2D eigenvalue weighted by Gasteiger charge is 2.50. The fraction of sp³-hybridized carbons (Fsp3) is 0.694. The highest BCUT2D eigenvalue weighted by molar-refractivity contribution is 7.92. The predicted molar refractivity (Wildman–Crippen MR) is 182 cm³/mol. The number of benzene rings is 1. The number of aryl methyl sites for hydroxylation is 1. The van der Waals surface area contributed by atoms with Crippen molar-refractivity contribution in [2.75, 3.05) is 12.3 Å². The van der Waals surface area contributed by atoms with Crippen molar-refractivity contribution in [3.8, 4) is 0 Å². The fourth-order valence-electron chi connectivity index (χ4n) is 6.71. The number of aliphatic hydroxyl groups is 1. The molecule has 0 spiro atoms. The lowest BCUT2D eigenvalue weighted by Crippen LogP contribution is -2.50. The molecule has 2 aromatic rings. The Hall–Kier alpha value is -2.80. The molecule has 2 aliphatic carbocycles. The normalized spacial score (nSPS) is 25.1. The van der Waals surface area contributed by atoms with Crippen LogP contribution in [-0.2, 0) is 41.7 Å². The molecule has 2 N–H and O–H groups in total. The molecule has 1 aromatic carbocycles. The van der Waals surface area contributed by atoms with Crippen LogP contribution >= 0.6 is 0 Å². The smallest absolute Gasteiger partial charge is 0.243 e. The maximum absolute atomic E-state index is 13.6. The second-order valence-electron chi connectivity index (χ2n) is 15.2. The third-order valence-corrected chi connectivity index (χ3v) is 12.6. The Kier molecular flexibility index (Phi) is 11.1. The summed E-state index contributed by atoms with van der Waals surface area (Å²) < 4.78 is 40.2. The third-order valence-electron chi connectivity index (χ3n) is 9.85. The number of aromatic nitrogens is 2. The summed E-state index contributed by atoms with van der Waals surface area (Å²) >= 11 is 0. The minimum Gasteiger partial charge on any atom is -0.393 e. The van der Waals surface area contributed by atoms with Gasteiger partial charge in [-0.3, -0.25) is 20.0 Å². The van der Waals surface area contributed by atoms with Gasteiger partial charge < -0.3 is 19.1 Å². The van der Waals surface area contributed by atoms with Crippen LogP contribution < -0.4 is 5.43 Å². The second-order valence-corrected chi connectivity index (χ2v) is 18.0. The molecule has 0 radical (unpaired) electrons. The third kappa shape index (κ3) is 8.86. The number of nitrogens with zero attached hydrogens (tertiary/aromatic N) is 3. The van der Waals surface area contributed by atoms with Crippen molar-refractivity contribution in [2.24, 2.45) is 11.8 Å². The highest BCUT2D eigenvalue weighted by Crippen LogP contribution is 2.48. The quantitative estimate of drug-likeness (QED) is 0.302. The van der Waals surface area contributed by atoms with Crippen LogP contribution in [0.15, 0.2) is 36.5 Å². The average Bonchev–Trinajstić information content (AvgIpc) is 3.70. The van der Waals surface area contributed by atoms with Crippen LogP contribution in [0.1, 0.15) is 116 Å². The van der Waals surface area contributed by atoms with Gasteiger partial charge in [0.25, 0.3) is 0 Å². The number of carbonyl (C=O) groups is 2. The standard InChI is InChI=1S/C36H54N4O7S/c1-7-40(38-33(43)27(21-24-11-9-8-10-12-24)23-48(44,45)35(2,3)4)30(42)20-17-28-22-39(32(37-28)26-15-18-29(41)19-16-26)34-31(25-13-14-25)46-36(5,6)47-34/h8-12,22,25-27,29,31,34,41H,7,13-21,23H2,1-6H3,(H,38,43)/t26?,27-,29?,31+,34+/m1/s1. The number of carbonyl (C=O) groups excluding carboxylic acids is 2. The molecule has 3 fully saturated rings. The number of hydrazine groups is 1. The molecule has 1 aromatic heterocycles. The summed E-state index contributed by atoms with van der Waals surface area (Å²) in [5.74, 6) is -1.18. The number of aliphatic hydroxyl groups excluding tert-OH is 1. The van der Waals surface area contributed by atoms with Crippen molar-refractivity contribution in [3.63, 3.8) is 0 Å². The van der Waals surface area contributed by atoms with E-state index in [0.29, 0.717) is 12.3 Å². The van der Waals surface area contributed by atoms with Gasteiger partial charge in [0.15, 0.2) is 21.9 Å². The minimum absolute atomic E-state index is 0.0756. The summed E-state index contributed by atoms with van der Waals surface area (Å²) in [5, 5.41) is 11.4. The van der Waals surface area contributed by atoms with Crippen LogP contribution in [0.25, 0.3) is 0 Å². The Morgan fingerprint density at radius 3 is 2.35 bits per heavy atom. The highest BCUT2D eigenvalue weighted by atomic mass is 32.2. The van der Waals surface area contributed by atoms with E-state index in [4.69, 9.17) is 14.5 Å². The lowest BCUT2D eigenvalue weighted by atomic mass is 9.87. The number of rotatable bonds is 12. The van der Waals surface area contributed by atoms with Crippen LogP contribution in [0.5, 0.6) is 0 Å². The van der Waals surface area contributed by atoms with Crippen molar-refractivity contribution in [1.29, 1.82) is 0 Å². The lowest BCUT2D eigenvalue weighted by Gasteiger charge is -2.28. The number of ether oxygens (including phenoxy) is 2. The van der Waals surface area contributed by atoms with Gasteiger partial charge in [-0.1, -0.05) is 30.3 Å². The molecule has 2 heterocycles. The number of imidazole rings is 1. The fourth-order valence-corrected chi connectivity index (χ4v) is 8.01. The molecule has 11 nitrogen and oxygen atoms in total. The average molecular weight is 687 g/mol. The van der Waals surface area contributed by atoms with Gasteiger partial charge in [0.05, 0.1) is 28.2 Å². The first-order valence-corrected chi connectivity index (χ1v) is 19.2. The molecule has 3 aliphatic rings. The Bertz CT molecular complexity index is 1520. The van der Waals surface area contributed by atoms with E-state index in [1.807, 2.05) is 50.4 Å². The first-order chi connectivity index (χ1) is 22.6. The Morgan fingerprint density at radius 2 is 1.75 bits per heavy atom. The Balaban J connectivity index is 1.30. The van der Waals surface area contributed by atoms with E-state index < -0.39 is 32.2 Å². The maximum atomic E-state index is 13.6. The predicted octanol–water partition coefficient (Wildman–Crippen LogP) is 4.85. The molecule has 1 aliphatic heterocycles. The molecule has 2 amide bonds. The summed E-state index contributed by atoms with van der Waals surface area (Å²) in [5.41, 5.74) is 4.35. The molecule has 48 heavy (non-hydrogen) atoms. The molecule has 0 unspecified atom stereocenters. The maximum Gasteiger partial charge on any atom is 0.243 e. The van der Waals surface area contributed by atoms with Gasteiger partial charge >= 0.3 is 0 Å². The van der Waals surface area contributed by atoms with Gasteiger partial charge in [0, 0.05) is 31.5 Å². The van der Waals surface area contributed by atoms with E-state index in [-0.39, 0.29) is 55.4 Å². The van der Waals surface area contributed by atoms with Crippen LogP contribution in [-0.4, -0.2) is 74.9 Å². The van der Waals surface area contributed by atoms with E-state index in [1.54, 1.807) is 27.7 Å². The summed E-state index contributed by atoms with van der Waals surface area (Å²) in [4.78, 5) is 32.2. The molecule has 12 heteroatoms. The first kappa shape index (κ1) is 36.5. The lowest BCUT2D eigenvalue weighted by molar-refractivity contribution is -0.154. The number of nitrogens with one attached hydrogen (secondary N) is 1. The SMILES string of the molecule is CCN(NC(=O)[C@H](Cc1ccccc1)CS(=O)(=O)C(C)(C)C)C(=O)CCc1cn([C@H]2OC(C)(C)O[C@H]2C2CC2)c(C2CCC(O)CC2)n1. The van der Waals surface area contributed by atoms with Crippen molar-refractivity contribution in [2.45, 2.75) is 134 Å². The molecule has 266 valence electrons. The van der Waals surface area contributed by atoms with Gasteiger partial charge in [-0.15, -0.1) is 0 Å². The molecule has 5 rings (SSSR count). The van der Waals surface area contributed by atoms with Crippen LogP contribution in [0.3, 0.4) is 0 Å². The monoisotopic (exact) mass is 686 g/mol. The van der Waals surface area contributed by atoms with Gasteiger partial charge in [-0.2, -0.15) is 0 Å². The molecule has 2 saturated carbocycles. The summed E-state index contributed by atoms with van der Waals surface area (Å²) in [6.45, 7) is 10.8. The number of amides is 2. The molecule has 1 saturated heterocycles. The van der Waals surface area contributed by atoms with Gasteiger partial charge in [0.1, 0.15) is 11.9 Å². The molecular weight excluding hydrogens is 632 g/mol. The van der Waals surface area contributed by atoms with Crippen molar-refractivity contribution in [3.05, 3.63) is 53.6 Å². The zero-order valence-corrected chi connectivity index (χ0v) is 30.2. The van der Waals surface area contributed by atoms with Crippen LogP contribution in [0.4, 0.5) is 0 Å². The van der Waals surface area contributed by atoms with E-state index >= 15 is 0 Å². The number of hydrogen-bond acceptors (Lipinski definition) is 8. The zero-order valence-electron chi connectivity index (χ0n) is 29.4. The van der Waals surface area contributed by atoms with Gasteiger partial charge in [-0.05, 0) is 98.0 Å². The summed E-state index contributed by atoms with van der Waals surface area (Å²) in [6, 6.07) is 9.31. The minimum atomic E-state index is -3.61.